The number of furan rings is 1. The first-order valence-corrected chi connectivity index (χ1v) is 6.95. The van der Waals surface area contributed by atoms with Crippen LogP contribution in [0.25, 0.3) is 0 Å². The Morgan fingerprint density at radius 1 is 1.29 bits per heavy atom. The maximum Gasteiger partial charge on any atom is 0.229 e. The van der Waals surface area contributed by atoms with Crippen LogP contribution in [0.3, 0.4) is 0 Å². The van der Waals surface area contributed by atoms with Gasteiger partial charge in [0.1, 0.15) is 0 Å². The van der Waals surface area contributed by atoms with Crippen molar-refractivity contribution in [3.05, 3.63) is 30.0 Å². The van der Waals surface area contributed by atoms with E-state index in [0.717, 1.165) is 18.7 Å². The molecule has 2 aromatic rings. The SMILES string of the molecule is CCN(Cc1ccoc1)[C@@H](C)c1nc(N)nc(N(C)C)n1. The maximum absolute atomic E-state index is 5.79. The minimum Gasteiger partial charge on any atom is -0.472 e. The van der Waals surface area contributed by atoms with Crippen LogP contribution < -0.4 is 10.6 Å². The number of anilines is 2. The van der Waals surface area contributed by atoms with Crippen LogP contribution in [0.5, 0.6) is 0 Å². The molecule has 0 aromatic carbocycles. The Morgan fingerprint density at radius 3 is 2.62 bits per heavy atom. The van der Waals surface area contributed by atoms with E-state index in [0.29, 0.717) is 11.8 Å². The third-order valence-electron chi connectivity index (χ3n) is 3.35. The van der Waals surface area contributed by atoms with Gasteiger partial charge in [0.2, 0.25) is 11.9 Å². The fraction of sp³-hybridized carbons (Fsp3) is 0.500. The molecule has 7 nitrogen and oxygen atoms in total. The third-order valence-corrected chi connectivity index (χ3v) is 3.35. The highest BCUT2D eigenvalue weighted by Crippen LogP contribution is 2.21. The van der Waals surface area contributed by atoms with Crippen LogP contribution in [-0.4, -0.2) is 40.5 Å². The van der Waals surface area contributed by atoms with Crippen molar-refractivity contribution in [3.63, 3.8) is 0 Å². The lowest BCUT2D eigenvalue weighted by Crippen LogP contribution is -2.28. The summed E-state index contributed by atoms with van der Waals surface area (Å²) in [6, 6.07) is 2.00. The summed E-state index contributed by atoms with van der Waals surface area (Å²) in [5.74, 6) is 1.50. The summed E-state index contributed by atoms with van der Waals surface area (Å²) >= 11 is 0. The largest absolute Gasteiger partial charge is 0.472 e. The average Bonchev–Trinajstić information content (AvgIpc) is 2.96. The van der Waals surface area contributed by atoms with Crippen LogP contribution in [0.15, 0.2) is 23.0 Å². The number of hydrogen-bond acceptors (Lipinski definition) is 7. The molecule has 2 rings (SSSR count). The standard InChI is InChI=1S/C14H22N6O/c1-5-20(8-11-6-7-21-9-11)10(2)12-16-13(15)18-14(17-12)19(3)4/h6-7,9-10H,5,8H2,1-4H3,(H2,15,16,17,18)/t10-/m0/s1. The van der Waals surface area contributed by atoms with Gasteiger partial charge in [-0.3, -0.25) is 4.90 Å². The van der Waals surface area contributed by atoms with Gasteiger partial charge in [0.25, 0.3) is 0 Å². The Morgan fingerprint density at radius 2 is 2.05 bits per heavy atom. The molecule has 0 aliphatic carbocycles. The highest BCUT2D eigenvalue weighted by molar-refractivity contribution is 5.33. The summed E-state index contributed by atoms with van der Waals surface area (Å²) < 4.78 is 5.12. The van der Waals surface area contributed by atoms with Crippen LogP contribution in [0.2, 0.25) is 0 Å². The molecule has 1 atom stereocenters. The van der Waals surface area contributed by atoms with Crippen molar-refractivity contribution in [1.82, 2.24) is 19.9 Å². The summed E-state index contributed by atoms with van der Waals surface area (Å²) in [7, 11) is 3.76. The van der Waals surface area contributed by atoms with Crippen LogP contribution in [-0.2, 0) is 6.54 Å². The van der Waals surface area contributed by atoms with Gasteiger partial charge in [-0.15, -0.1) is 0 Å². The summed E-state index contributed by atoms with van der Waals surface area (Å²) in [4.78, 5) is 17.0. The highest BCUT2D eigenvalue weighted by atomic mass is 16.3. The number of nitrogens with two attached hydrogens (primary N) is 1. The molecule has 0 aliphatic rings. The minimum atomic E-state index is 0.0360. The Labute approximate surface area is 124 Å². The Hall–Kier alpha value is -2.15. The number of aromatic nitrogens is 3. The van der Waals surface area contributed by atoms with Crippen LogP contribution in [0, 0.1) is 0 Å². The number of nitrogens with zero attached hydrogens (tertiary/aromatic N) is 5. The molecule has 2 heterocycles. The first-order valence-electron chi connectivity index (χ1n) is 6.95. The first kappa shape index (κ1) is 15.2. The van der Waals surface area contributed by atoms with E-state index in [1.165, 1.54) is 0 Å². The van der Waals surface area contributed by atoms with Crippen LogP contribution >= 0.6 is 0 Å². The summed E-state index contributed by atoms with van der Waals surface area (Å²) in [6.07, 6.45) is 3.43. The monoisotopic (exact) mass is 290 g/mol. The molecule has 0 aliphatic heterocycles. The molecule has 21 heavy (non-hydrogen) atoms. The van der Waals surface area contributed by atoms with Crippen molar-refractivity contribution in [2.75, 3.05) is 31.3 Å². The van der Waals surface area contributed by atoms with Crippen molar-refractivity contribution in [3.8, 4) is 0 Å². The number of rotatable bonds is 6. The van der Waals surface area contributed by atoms with Crippen molar-refractivity contribution in [2.45, 2.75) is 26.4 Å². The quantitative estimate of drug-likeness (QED) is 0.866. The van der Waals surface area contributed by atoms with Gasteiger partial charge >= 0.3 is 0 Å². The van der Waals surface area contributed by atoms with Gasteiger partial charge in [-0.05, 0) is 19.5 Å². The van der Waals surface area contributed by atoms with Crippen molar-refractivity contribution in [2.24, 2.45) is 0 Å². The first-order chi connectivity index (χ1) is 10.0. The van der Waals surface area contributed by atoms with Gasteiger partial charge in [0.05, 0.1) is 18.6 Å². The van der Waals surface area contributed by atoms with E-state index in [2.05, 4.69) is 33.7 Å². The zero-order valence-corrected chi connectivity index (χ0v) is 12.9. The van der Waals surface area contributed by atoms with E-state index < -0.39 is 0 Å². The molecule has 7 heteroatoms. The number of hydrogen-bond donors (Lipinski definition) is 1. The maximum atomic E-state index is 5.79. The highest BCUT2D eigenvalue weighted by Gasteiger charge is 2.19. The fourth-order valence-electron chi connectivity index (χ4n) is 2.09. The summed E-state index contributed by atoms with van der Waals surface area (Å²) in [5.41, 5.74) is 6.91. The fourth-order valence-corrected chi connectivity index (χ4v) is 2.09. The molecular weight excluding hydrogens is 268 g/mol. The Balaban J connectivity index is 2.22. The molecule has 0 unspecified atom stereocenters. The molecular formula is C14H22N6O. The molecule has 114 valence electrons. The van der Waals surface area contributed by atoms with E-state index in [-0.39, 0.29) is 12.0 Å². The number of nitrogen functional groups attached to an aromatic ring is 1. The Kier molecular flexibility index (Phi) is 4.74. The molecule has 0 bridgehead atoms. The zero-order valence-electron chi connectivity index (χ0n) is 12.9. The zero-order chi connectivity index (χ0) is 15.4. The van der Waals surface area contributed by atoms with Gasteiger partial charge in [-0.1, -0.05) is 6.92 Å². The Bertz CT molecular complexity index is 569. The molecule has 2 aromatic heterocycles. The second-order valence-corrected chi connectivity index (χ2v) is 5.12. The van der Waals surface area contributed by atoms with E-state index in [1.807, 2.05) is 25.1 Å². The predicted molar refractivity (Wildman–Crippen MR) is 81.8 cm³/mol. The van der Waals surface area contributed by atoms with Gasteiger partial charge in [-0.2, -0.15) is 15.0 Å². The molecule has 0 spiro atoms. The normalized spacial score (nSPS) is 12.6. The van der Waals surface area contributed by atoms with E-state index in [9.17, 15) is 0 Å². The average molecular weight is 290 g/mol. The second kappa shape index (κ2) is 6.53. The third kappa shape index (κ3) is 3.69. The second-order valence-electron chi connectivity index (χ2n) is 5.12. The topological polar surface area (TPSA) is 84.3 Å². The van der Waals surface area contributed by atoms with Crippen molar-refractivity contribution >= 4 is 11.9 Å². The molecule has 0 saturated heterocycles. The molecule has 2 N–H and O–H groups in total. The van der Waals surface area contributed by atoms with Gasteiger partial charge < -0.3 is 15.1 Å². The lowest BCUT2D eigenvalue weighted by molar-refractivity contribution is 0.204. The van der Waals surface area contributed by atoms with Crippen molar-refractivity contribution in [1.29, 1.82) is 0 Å². The summed E-state index contributed by atoms with van der Waals surface area (Å²) in [5, 5.41) is 0. The summed E-state index contributed by atoms with van der Waals surface area (Å²) in [6.45, 7) is 5.82. The predicted octanol–water partition coefficient (Wildman–Crippen LogP) is 1.70. The molecule has 0 saturated carbocycles. The lowest BCUT2D eigenvalue weighted by atomic mass is 10.2. The molecule has 0 fully saturated rings. The molecule has 0 amide bonds. The van der Waals surface area contributed by atoms with Gasteiger partial charge in [0, 0.05) is 26.2 Å². The van der Waals surface area contributed by atoms with E-state index >= 15 is 0 Å². The van der Waals surface area contributed by atoms with Crippen LogP contribution in [0.4, 0.5) is 11.9 Å². The van der Waals surface area contributed by atoms with E-state index in [1.54, 1.807) is 12.5 Å². The van der Waals surface area contributed by atoms with Crippen molar-refractivity contribution < 1.29 is 4.42 Å². The van der Waals surface area contributed by atoms with Gasteiger partial charge in [0.15, 0.2) is 5.82 Å². The lowest BCUT2D eigenvalue weighted by Gasteiger charge is -2.26. The van der Waals surface area contributed by atoms with Crippen LogP contribution in [0.1, 0.15) is 31.3 Å². The smallest absolute Gasteiger partial charge is 0.229 e. The minimum absolute atomic E-state index is 0.0360. The van der Waals surface area contributed by atoms with Gasteiger partial charge in [-0.25, -0.2) is 0 Å². The molecule has 0 radical (unpaired) electrons. The van der Waals surface area contributed by atoms with E-state index in [4.69, 9.17) is 10.2 Å².